The number of amides is 1. The third-order valence-corrected chi connectivity index (χ3v) is 3.77. The lowest BCUT2D eigenvalue weighted by molar-refractivity contribution is -0.130. The predicted octanol–water partition coefficient (Wildman–Crippen LogP) is 1.78. The minimum Gasteiger partial charge on any atom is -0.345 e. The first-order valence-electron chi connectivity index (χ1n) is 6.73. The highest BCUT2D eigenvalue weighted by Crippen LogP contribution is 2.29. The molecule has 0 radical (unpaired) electrons. The Balaban J connectivity index is 1.61. The van der Waals surface area contributed by atoms with Gasteiger partial charge in [0.05, 0.1) is 0 Å². The fourth-order valence-electron chi connectivity index (χ4n) is 2.45. The molecule has 0 aromatic rings. The Labute approximate surface area is 98.6 Å². The Hall–Kier alpha value is -0.570. The van der Waals surface area contributed by atoms with Crippen LogP contribution in [0.4, 0.5) is 0 Å². The van der Waals surface area contributed by atoms with Crippen LogP contribution >= 0.6 is 0 Å². The van der Waals surface area contributed by atoms with E-state index in [9.17, 15) is 4.79 Å². The lowest BCUT2D eigenvalue weighted by Crippen LogP contribution is -2.36. The molecule has 1 N–H and O–H groups in total. The summed E-state index contributed by atoms with van der Waals surface area (Å²) < 4.78 is 0. The molecule has 3 nitrogen and oxygen atoms in total. The topological polar surface area (TPSA) is 32.3 Å². The van der Waals surface area contributed by atoms with E-state index in [0.29, 0.717) is 11.9 Å². The zero-order valence-corrected chi connectivity index (χ0v) is 10.4. The minimum absolute atomic E-state index is 0.333. The van der Waals surface area contributed by atoms with E-state index < -0.39 is 0 Å². The van der Waals surface area contributed by atoms with E-state index in [4.69, 9.17) is 0 Å². The quantitative estimate of drug-likeness (QED) is 0.772. The molecule has 2 rings (SSSR count). The Morgan fingerprint density at radius 1 is 1.31 bits per heavy atom. The number of hydrogen-bond acceptors (Lipinski definition) is 2. The van der Waals surface area contributed by atoms with E-state index in [2.05, 4.69) is 5.32 Å². The van der Waals surface area contributed by atoms with Crippen LogP contribution in [0.3, 0.4) is 0 Å². The van der Waals surface area contributed by atoms with Crippen molar-refractivity contribution in [2.45, 2.75) is 51.0 Å². The van der Waals surface area contributed by atoms with Gasteiger partial charge in [-0.05, 0) is 44.6 Å². The molecular formula is C13H24N2O. The smallest absolute Gasteiger partial charge is 0.222 e. The van der Waals surface area contributed by atoms with E-state index in [-0.39, 0.29) is 0 Å². The fourth-order valence-corrected chi connectivity index (χ4v) is 2.45. The molecule has 1 aliphatic carbocycles. The highest BCUT2D eigenvalue weighted by molar-refractivity contribution is 5.75. The van der Waals surface area contributed by atoms with Gasteiger partial charge in [-0.1, -0.05) is 6.42 Å². The van der Waals surface area contributed by atoms with Crippen LogP contribution in [0.25, 0.3) is 0 Å². The van der Waals surface area contributed by atoms with Crippen LogP contribution in [0, 0.1) is 5.92 Å². The molecule has 2 aliphatic rings. The Kier molecular flexibility index (Phi) is 4.22. The van der Waals surface area contributed by atoms with Gasteiger partial charge in [0.2, 0.25) is 5.91 Å². The molecule has 1 saturated carbocycles. The average molecular weight is 224 g/mol. The van der Waals surface area contributed by atoms with E-state index >= 15 is 0 Å². The first-order valence-corrected chi connectivity index (χ1v) is 6.73. The van der Waals surface area contributed by atoms with Crippen LogP contribution in [0.5, 0.6) is 0 Å². The normalized spacial score (nSPS) is 25.4. The van der Waals surface area contributed by atoms with Crippen LogP contribution in [0.1, 0.15) is 44.9 Å². The molecule has 3 heteroatoms. The van der Waals surface area contributed by atoms with Gasteiger partial charge in [-0.15, -0.1) is 0 Å². The second-order valence-electron chi connectivity index (χ2n) is 5.40. The van der Waals surface area contributed by atoms with Gasteiger partial charge in [-0.3, -0.25) is 4.79 Å². The summed E-state index contributed by atoms with van der Waals surface area (Å²) in [5, 5.41) is 3.50. The summed E-state index contributed by atoms with van der Waals surface area (Å²) in [6, 6.07) is 0.590. The second-order valence-corrected chi connectivity index (χ2v) is 5.40. The number of nitrogens with one attached hydrogen (secondary N) is 1. The van der Waals surface area contributed by atoms with Gasteiger partial charge in [0.15, 0.2) is 0 Å². The van der Waals surface area contributed by atoms with Crippen molar-refractivity contribution < 1.29 is 4.79 Å². The van der Waals surface area contributed by atoms with Gasteiger partial charge in [0.25, 0.3) is 0 Å². The summed E-state index contributed by atoms with van der Waals surface area (Å²) in [5.41, 5.74) is 0. The van der Waals surface area contributed by atoms with Crippen molar-refractivity contribution in [3.8, 4) is 0 Å². The fraction of sp³-hybridized carbons (Fsp3) is 0.923. The summed E-state index contributed by atoms with van der Waals surface area (Å²) in [5.74, 6) is 1.14. The van der Waals surface area contributed by atoms with Crippen LogP contribution in [0.15, 0.2) is 0 Å². The Morgan fingerprint density at radius 3 is 2.75 bits per heavy atom. The van der Waals surface area contributed by atoms with Crippen molar-refractivity contribution in [2.24, 2.45) is 5.92 Å². The highest BCUT2D eigenvalue weighted by Gasteiger charge is 2.25. The number of rotatable bonds is 5. The Morgan fingerprint density at radius 2 is 2.12 bits per heavy atom. The monoisotopic (exact) mass is 224 g/mol. The molecule has 0 spiro atoms. The van der Waals surface area contributed by atoms with Crippen molar-refractivity contribution in [3.63, 3.8) is 0 Å². The number of nitrogens with zero attached hydrogens (tertiary/aromatic N) is 1. The van der Waals surface area contributed by atoms with Gasteiger partial charge >= 0.3 is 0 Å². The maximum absolute atomic E-state index is 11.8. The van der Waals surface area contributed by atoms with Gasteiger partial charge in [-0.25, -0.2) is 0 Å². The maximum Gasteiger partial charge on any atom is 0.222 e. The van der Waals surface area contributed by atoms with Crippen molar-refractivity contribution in [3.05, 3.63) is 0 Å². The zero-order valence-electron chi connectivity index (χ0n) is 10.4. The standard InChI is InChI=1S/C13H24N2O/c1-15(10-11-5-6-11)13(16)8-7-12-4-2-3-9-14-12/h11-12,14H,2-10H2,1H3. The summed E-state index contributed by atoms with van der Waals surface area (Å²) >= 11 is 0. The van der Waals surface area contributed by atoms with Crippen molar-refractivity contribution in [2.75, 3.05) is 20.1 Å². The largest absolute Gasteiger partial charge is 0.345 e. The molecule has 1 unspecified atom stereocenters. The molecule has 1 amide bonds. The summed E-state index contributed by atoms with van der Waals surface area (Å²) in [6.45, 7) is 2.12. The van der Waals surface area contributed by atoms with Gasteiger partial charge < -0.3 is 10.2 Å². The molecule has 0 aromatic carbocycles. The first-order chi connectivity index (χ1) is 7.75. The van der Waals surface area contributed by atoms with Gasteiger partial charge in [0, 0.05) is 26.1 Å². The lowest BCUT2D eigenvalue weighted by atomic mass is 10.0. The molecule has 0 aromatic heterocycles. The summed E-state index contributed by atoms with van der Waals surface area (Å²) in [7, 11) is 1.95. The second kappa shape index (κ2) is 5.67. The number of carbonyl (C=O) groups is 1. The van der Waals surface area contributed by atoms with Crippen LogP contribution in [-0.2, 0) is 4.79 Å². The molecule has 1 atom stereocenters. The molecule has 92 valence electrons. The molecular weight excluding hydrogens is 200 g/mol. The van der Waals surface area contributed by atoms with Crippen molar-refractivity contribution >= 4 is 5.91 Å². The predicted molar refractivity (Wildman–Crippen MR) is 65.2 cm³/mol. The van der Waals surface area contributed by atoms with Gasteiger partial charge in [-0.2, -0.15) is 0 Å². The molecule has 1 saturated heterocycles. The van der Waals surface area contributed by atoms with Crippen molar-refractivity contribution in [1.82, 2.24) is 10.2 Å². The van der Waals surface area contributed by atoms with Crippen molar-refractivity contribution in [1.29, 1.82) is 0 Å². The Bertz CT molecular complexity index is 232. The summed E-state index contributed by atoms with van der Waals surface area (Å²) in [4.78, 5) is 13.8. The third-order valence-electron chi connectivity index (χ3n) is 3.77. The molecule has 16 heavy (non-hydrogen) atoms. The highest BCUT2D eigenvalue weighted by atomic mass is 16.2. The molecule has 2 fully saturated rings. The van der Waals surface area contributed by atoms with E-state index in [1.54, 1.807) is 0 Å². The van der Waals surface area contributed by atoms with E-state index in [1.165, 1.54) is 32.1 Å². The third kappa shape index (κ3) is 3.78. The van der Waals surface area contributed by atoms with Crippen LogP contribution < -0.4 is 5.32 Å². The van der Waals surface area contributed by atoms with Crippen LogP contribution in [0.2, 0.25) is 0 Å². The molecule has 1 heterocycles. The number of piperidine rings is 1. The molecule has 1 aliphatic heterocycles. The van der Waals surface area contributed by atoms with Gasteiger partial charge in [0.1, 0.15) is 0 Å². The zero-order chi connectivity index (χ0) is 11.4. The van der Waals surface area contributed by atoms with Crippen LogP contribution in [-0.4, -0.2) is 37.0 Å². The minimum atomic E-state index is 0.333. The number of carbonyl (C=O) groups excluding carboxylic acids is 1. The van der Waals surface area contributed by atoms with E-state index in [1.807, 2.05) is 11.9 Å². The van der Waals surface area contributed by atoms with E-state index in [0.717, 1.165) is 31.8 Å². The lowest BCUT2D eigenvalue weighted by Gasteiger charge is -2.24. The first kappa shape index (κ1) is 11.9. The SMILES string of the molecule is CN(CC1CC1)C(=O)CCC1CCCCN1. The summed E-state index contributed by atoms with van der Waals surface area (Å²) in [6.07, 6.45) is 8.26. The maximum atomic E-state index is 11.8. The average Bonchev–Trinajstić information content (AvgIpc) is 3.11. The molecule has 0 bridgehead atoms. The number of hydrogen-bond donors (Lipinski definition) is 1.